The van der Waals surface area contributed by atoms with E-state index in [2.05, 4.69) is 0 Å². The van der Waals surface area contributed by atoms with Gasteiger partial charge in [-0.25, -0.2) is 0 Å². The van der Waals surface area contributed by atoms with Gasteiger partial charge in [0.1, 0.15) is 5.75 Å². The molecule has 1 aromatic rings. The van der Waals surface area contributed by atoms with Crippen molar-refractivity contribution in [3.8, 4) is 5.75 Å². The number of phenols is 1. The molecule has 14 heavy (non-hydrogen) atoms. The first-order valence-corrected chi connectivity index (χ1v) is 4.85. The second kappa shape index (κ2) is 2.47. The van der Waals surface area contributed by atoms with Crippen molar-refractivity contribution >= 4 is 17.4 Å². The predicted molar refractivity (Wildman–Crippen MR) is 53.2 cm³/mol. The van der Waals surface area contributed by atoms with E-state index in [9.17, 15) is 9.90 Å². The van der Waals surface area contributed by atoms with Gasteiger partial charge in [-0.05, 0) is 29.3 Å². The van der Waals surface area contributed by atoms with Gasteiger partial charge in [0.25, 0.3) is 0 Å². The molecule has 0 heterocycles. The number of hydrogen-bond acceptors (Lipinski definition) is 2. The molecule has 2 heteroatoms. The largest absolute Gasteiger partial charge is 0.508 e. The number of hydrogen-bond donors (Lipinski definition) is 1. The van der Waals surface area contributed by atoms with Crippen molar-refractivity contribution in [2.24, 2.45) is 0 Å². The van der Waals surface area contributed by atoms with Crippen LogP contribution in [-0.4, -0.2) is 10.9 Å². The molecule has 70 valence electrons. The standard InChI is InChI=1S/C12H10O2/c13-10-5-1-7-2-6-11(14)9-4-3-8(10)12(7)9/h1-2,5,13H,3-4,6H2. The van der Waals surface area contributed by atoms with Crippen LogP contribution in [0.1, 0.15) is 18.4 Å². The second-order valence-electron chi connectivity index (χ2n) is 3.84. The van der Waals surface area contributed by atoms with E-state index in [-0.39, 0.29) is 5.78 Å². The lowest BCUT2D eigenvalue weighted by Gasteiger charge is -2.04. The van der Waals surface area contributed by atoms with Crippen LogP contribution in [0.4, 0.5) is 0 Å². The Hall–Kier alpha value is -1.57. The monoisotopic (exact) mass is 186 g/mol. The molecule has 0 atom stereocenters. The molecule has 0 aromatic heterocycles. The molecular formula is C12H10O2. The molecule has 0 saturated carbocycles. The Labute approximate surface area is 81.2 Å². The Balaban J connectivity index is 2.56. The van der Waals surface area contributed by atoms with Crippen molar-refractivity contribution in [1.29, 1.82) is 0 Å². The predicted octanol–water partition coefficient (Wildman–Crippen LogP) is 0.242. The van der Waals surface area contributed by atoms with E-state index in [0.29, 0.717) is 12.2 Å². The SMILES string of the molecule is O=C1CC=c2ccc(O)c3c2=C1CC3. The molecule has 0 bridgehead atoms. The molecule has 0 aliphatic heterocycles. The van der Waals surface area contributed by atoms with Crippen LogP contribution in [0, 0.1) is 0 Å². The molecule has 0 fully saturated rings. The Morgan fingerprint density at radius 1 is 1.21 bits per heavy atom. The molecule has 2 aliphatic carbocycles. The van der Waals surface area contributed by atoms with Crippen LogP contribution in [0.3, 0.4) is 0 Å². The fourth-order valence-corrected chi connectivity index (χ4v) is 2.41. The van der Waals surface area contributed by atoms with Crippen molar-refractivity contribution in [2.75, 3.05) is 0 Å². The summed E-state index contributed by atoms with van der Waals surface area (Å²) >= 11 is 0. The van der Waals surface area contributed by atoms with Crippen LogP contribution in [0.5, 0.6) is 5.75 Å². The van der Waals surface area contributed by atoms with Crippen molar-refractivity contribution in [3.05, 3.63) is 28.1 Å². The summed E-state index contributed by atoms with van der Waals surface area (Å²) in [4.78, 5) is 11.6. The molecule has 1 aromatic carbocycles. The fraction of sp³-hybridized carbons (Fsp3) is 0.250. The third-order valence-electron chi connectivity index (χ3n) is 3.09. The van der Waals surface area contributed by atoms with Crippen LogP contribution in [0.25, 0.3) is 11.6 Å². The molecular weight excluding hydrogens is 176 g/mol. The van der Waals surface area contributed by atoms with Gasteiger partial charge >= 0.3 is 0 Å². The molecule has 2 nitrogen and oxygen atoms in total. The number of carbonyl (C=O) groups is 1. The van der Waals surface area contributed by atoms with Crippen LogP contribution in [0.15, 0.2) is 12.1 Å². The molecule has 0 radical (unpaired) electrons. The number of benzene rings is 1. The average molecular weight is 186 g/mol. The normalized spacial score (nSPS) is 18.0. The minimum Gasteiger partial charge on any atom is -0.508 e. The first-order valence-electron chi connectivity index (χ1n) is 4.85. The van der Waals surface area contributed by atoms with Gasteiger partial charge in [0.05, 0.1) is 0 Å². The van der Waals surface area contributed by atoms with Gasteiger partial charge in [-0.1, -0.05) is 12.1 Å². The summed E-state index contributed by atoms with van der Waals surface area (Å²) in [5.74, 6) is 0.559. The number of carbonyl (C=O) groups excluding carboxylic acids is 1. The van der Waals surface area contributed by atoms with E-state index in [0.717, 1.165) is 34.4 Å². The highest BCUT2D eigenvalue weighted by Crippen LogP contribution is 2.23. The van der Waals surface area contributed by atoms with E-state index in [4.69, 9.17) is 0 Å². The van der Waals surface area contributed by atoms with E-state index < -0.39 is 0 Å². The highest BCUT2D eigenvalue weighted by atomic mass is 16.3. The van der Waals surface area contributed by atoms with Gasteiger partial charge in [-0.3, -0.25) is 4.79 Å². The molecule has 1 N–H and O–H groups in total. The second-order valence-corrected chi connectivity index (χ2v) is 3.84. The zero-order chi connectivity index (χ0) is 9.71. The molecule has 0 saturated heterocycles. The zero-order valence-electron chi connectivity index (χ0n) is 7.71. The maximum Gasteiger partial charge on any atom is 0.163 e. The molecule has 0 spiro atoms. The van der Waals surface area contributed by atoms with E-state index >= 15 is 0 Å². The number of rotatable bonds is 0. The van der Waals surface area contributed by atoms with Gasteiger partial charge in [0.15, 0.2) is 5.78 Å². The Kier molecular flexibility index (Phi) is 1.38. The highest BCUT2D eigenvalue weighted by molar-refractivity contribution is 6.18. The highest BCUT2D eigenvalue weighted by Gasteiger charge is 2.22. The fourth-order valence-electron chi connectivity index (χ4n) is 2.41. The first kappa shape index (κ1) is 7.80. The lowest BCUT2D eigenvalue weighted by molar-refractivity contribution is -0.113. The summed E-state index contributed by atoms with van der Waals surface area (Å²) in [6.07, 6.45) is 4.08. The summed E-state index contributed by atoms with van der Waals surface area (Å²) in [6.45, 7) is 0. The minimum atomic E-state index is 0.224. The van der Waals surface area contributed by atoms with Gasteiger partial charge in [0.2, 0.25) is 0 Å². The van der Waals surface area contributed by atoms with Crippen LogP contribution < -0.4 is 10.4 Å². The van der Waals surface area contributed by atoms with Gasteiger partial charge in [0, 0.05) is 17.6 Å². The summed E-state index contributed by atoms with van der Waals surface area (Å²) in [5.41, 5.74) is 1.88. The lowest BCUT2D eigenvalue weighted by Crippen LogP contribution is -2.32. The Morgan fingerprint density at radius 3 is 2.93 bits per heavy atom. The molecule has 0 amide bonds. The van der Waals surface area contributed by atoms with Gasteiger partial charge < -0.3 is 5.11 Å². The minimum absolute atomic E-state index is 0.224. The lowest BCUT2D eigenvalue weighted by atomic mass is 10.00. The van der Waals surface area contributed by atoms with Crippen LogP contribution in [0.2, 0.25) is 0 Å². The first-order chi connectivity index (χ1) is 6.77. The molecule has 2 aliphatic rings. The average Bonchev–Trinajstić information content (AvgIpc) is 2.62. The van der Waals surface area contributed by atoms with Gasteiger partial charge in [-0.2, -0.15) is 0 Å². The van der Waals surface area contributed by atoms with Crippen molar-refractivity contribution in [1.82, 2.24) is 0 Å². The van der Waals surface area contributed by atoms with Gasteiger partial charge in [-0.15, -0.1) is 0 Å². The smallest absolute Gasteiger partial charge is 0.163 e. The topological polar surface area (TPSA) is 37.3 Å². The third kappa shape index (κ3) is 0.830. The van der Waals surface area contributed by atoms with Crippen molar-refractivity contribution in [2.45, 2.75) is 19.3 Å². The van der Waals surface area contributed by atoms with Crippen molar-refractivity contribution in [3.63, 3.8) is 0 Å². The summed E-state index contributed by atoms with van der Waals surface area (Å²) in [6, 6.07) is 3.62. The molecule has 3 rings (SSSR count). The van der Waals surface area contributed by atoms with Crippen LogP contribution in [-0.2, 0) is 11.2 Å². The summed E-state index contributed by atoms with van der Waals surface area (Å²) < 4.78 is 0. The Morgan fingerprint density at radius 2 is 2.07 bits per heavy atom. The third-order valence-corrected chi connectivity index (χ3v) is 3.09. The summed E-state index contributed by atoms with van der Waals surface area (Å²) in [5, 5.41) is 11.8. The molecule has 0 unspecified atom stereocenters. The zero-order valence-corrected chi connectivity index (χ0v) is 7.71. The maximum atomic E-state index is 11.6. The summed E-state index contributed by atoms with van der Waals surface area (Å²) in [7, 11) is 0. The number of phenolic OH excluding ortho intramolecular Hbond substituents is 1. The van der Waals surface area contributed by atoms with Crippen LogP contribution >= 0.6 is 0 Å². The quantitative estimate of drug-likeness (QED) is 0.630. The number of Topliss-reactive ketones (excluding diaryl/α,β-unsaturated/α-hetero) is 1. The number of aromatic hydroxyl groups is 1. The van der Waals surface area contributed by atoms with E-state index in [1.807, 2.05) is 12.1 Å². The van der Waals surface area contributed by atoms with E-state index in [1.54, 1.807) is 6.07 Å². The van der Waals surface area contributed by atoms with Crippen molar-refractivity contribution < 1.29 is 9.90 Å². The number of ketones is 1. The maximum absolute atomic E-state index is 11.6. The van der Waals surface area contributed by atoms with E-state index in [1.165, 1.54) is 0 Å². The Bertz CT molecular complexity index is 552.